The summed E-state index contributed by atoms with van der Waals surface area (Å²) in [7, 11) is 3.53. The Morgan fingerprint density at radius 1 is 0.971 bits per heavy atom. The van der Waals surface area contributed by atoms with Crippen molar-refractivity contribution in [2.75, 3.05) is 27.2 Å². The molecular weight excluding hydrogens is 460 g/mol. The molecule has 35 heavy (non-hydrogen) atoms. The number of benzene rings is 2. The zero-order valence-corrected chi connectivity index (χ0v) is 19.5. The number of halogens is 2. The number of hydrogen-bond donors (Lipinski definition) is 3. The third-order valence-corrected chi connectivity index (χ3v) is 5.85. The van der Waals surface area contributed by atoms with Crippen molar-refractivity contribution in [1.82, 2.24) is 15.5 Å². The minimum atomic E-state index is -2.91. The molecule has 2 atom stereocenters. The van der Waals surface area contributed by atoms with Gasteiger partial charge in [-0.1, -0.05) is 48.5 Å². The van der Waals surface area contributed by atoms with E-state index in [1.165, 1.54) is 0 Å². The van der Waals surface area contributed by atoms with Gasteiger partial charge in [-0.05, 0) is 49.3 Å². The normalized spacial score (nSPS) is 14.2. The Balaban J connectivity index is 1.67. The third kappa shape index (κ3) is 6.75. The number of alkyl halides is 2. The van der Waals surface area contributed by atoms with Crippen LogP contribution in [0.3, 0.4) is 0 Å². The molecule has 1 aliphatic rings. The minimum Gasteiger partial charge on any atom is -0.480 e. The highest BCUT2D eigenvalue weighted by Crippen LogP contribution is 2.44. The number of nitrogens with one attached hydrogen (secondary N) is 2. The van der Waals surface area contributed by atoms with Crippen molar-refractivity contribution in [3.8, 4) is 11.1 Å². The third-order valence-electron chi connectivity index (χ3n) is 5.85. The average Bonchev–Trinajstić information content (AvgIpc) is 3.13. The topological polar surface area (TPSA) is 108 Å². The lowest BCUT2D eigenvalue weighted by Gasteiger charge is -2.23. The fourth-order valence-corrected chi connectivity index (χ4v) is 4.11. The van der Waals surface area contributed by atoms with Crippen molar-refractivity contribution in [3.05, 3.63) is 59.7 Å². The fourth-order valence-electron chi connectivity index (χ4n) is 4.11. The second-order valence-corrected chi connectivity index (χ2v) is 8.64. The Morgan fingerprint density at radius 3 is 2.06 bits per heavy atom. The number of fused-ring (bicyclic) bond motifs is 3. The van der Waals surface area contributed by atoms with Gasteiger partial charge >= 0.3 is 12.1 Å². The van der Waals surface area contributed by atoms with Gasteiger partial charge in [0.25, 0.3) is 0 Å². The maximum atomic E-state index is 12.7. The van der Waals surface area contributed by atoms with Crippen molar-refractivity contribution in [3.63, 3.8) is 0 Å². The van der Waals surface area contributed by atoms with Crippen molar-refractivity contribution >= 4 is 18.0 Å². The summed E-state index contributed by atoms with van der Waals surface area (Å²) in [6.45, 7) is 0.416. The largest absolute Gasteiger partial charge is 0.480 e. The summed E-state index contributed by atoms with van der Waals surface area (Å²) < 4.78 is 30.9. The van der Waals surface area contributed by atoms with E-state index in [-0.39, 0.29) is 18.9 Å². The number of hydrogen-bond acceptors (Lipinski definition) is 5. The predicted molar refractivity (Wildman–Crippen MR) is 125 cm³/mol. The first-order chi connectivity index (χ1) is 16.7. The van der Waals surface area contributed by atoms with Gasteiger partial charge in [0.1, 0.15) is 18.7 Å². The standard InChI is InChI=1S/C25H29F2N3O5/c1-30(2)12-11-20(23(31)28-21(24(32)33)13-22(26)27)29-25(34)35-14-19-17-9-5-3-7-15(17)16-8-4-6-10-18(16)19/h3-10,19-22H,11-14H2,1-2H3,(H,28,31)(H,29,34)(H,32,33). The summed E-state index contributed by atoms with van der Waals surface area (Å²) in [6.07, 6.45) is -4.67. The van der Waals surface area contributed by atoms with E-state index in [9.17, 15) is 23.2 Å². The fraction of sp³-hybridized carbons (Fsp3) is 0.400. The number of rotatable bonds is 11. The van der Waals surface area contributed by atoms with Crippen LogP contribution in [0.2, 0.25) is 0 Å². The van der Waals surface area contributed by atoms with Gasteiger partial charge in [-0.3, -0.25) is 4.79 Å². The lowest BCUT2D eigenvalue weighted by Crippen LogP contribution is -2.52. The molecule has 2 unspecified atom stereocenters. The number of nitrogens with zero attached hydrogens (tertiary/aromatic N) is 1. The van der Waals surface area contributed by atoms with Crippen LogP contribution in [0.4, 0.5) is 13.6 Å². The Labute approximate surface area is 202 Å². The second-order valence-electron chi connectivity index (χ2n) is 8.64. The van der Waals surface area contributed by atoms with Crippen LogP contribution in [0.5, 0.6) is 0 Å². The predicted octanol–water partition coefficient (Wildman–Crippen LogP) is 3.07. The van der Waals surface area contributed by atoms with E-state index in [0.29, 0.717) is 6.54 Å². The highest BCUT2D eigenvalue weighted by Gasteiger charge is 2.31. The van der Waals surface area contributed by atoms with Gasteiger partial charge in [-0.15, -0.1) is 0 Å². The summed E-state index contributed by atoms with van der Waals surface area (Å²) in [5, 5.41) is 13.7. The van der Waals surface area contributed by atoms with Crippen LogP contribution in [-0.4, -0.2) is 73.7 Å². The number of alkyl carbamates (subject to hydrolysis) is 1. The smallest absolute Gasteiger partial charge is 0.407 e. The molecule has 2 amide bonds. The van der Waals surface area contributed by atoms with Gasteiger partial charge in [-0.2, -0.15) is 0 Å². The number of ether oxygens (including phenoxy) is 1. The average molecular weight is 490 g/mol. The van der Waals surface area contributed by atoms with Crippen LogP contribution in [0, 0.1) is 0 Å². The van der Waals surface area contributed by atoms with Crippen LogP contribution in [0.15, 0.2) is 48.5 Å². The number of carbonyl (C=O) groups is 3. The number of carbonyl (C=O) groups excluding carboxylic acids is 2. The van der Waals surface area contributed by atoms with Gasteiger partial charge in [-0.25, -0.2) is 18.4 Å². The molecule has 2 aromatic carbocycles. The summed E-state index contributed by atoms with van der Waals surface area (Å²) in [6, 6.07) is 12.8. The maximum Gasteiger partial charge on any atom is 0.407 e. The Morgan fingerprint density at radius 2 is 1.54 bits per heavy atom. The number of carboxylic acid groups (broad SMARTS) is 1. The molecule has 0 saturated carbocycles. The quantitative estimate of drug-likeness (QED) is 0.448. The molecule has 3 N–H and O–H groups in total. The molecule has 3 rings (SSSR count). The van der Waals surface area contributed by atoms with Crippen LogP contribution in [0.25, 0.3) is 11.1 Å². The first-order valence-electron chi connectivity index (χ1n) is 11.2. The van der Waals surface area contributed by atoms with Crippen molar-refractivity contribution < 1.29 is 33.0 Å². The van der Waals surface area contributed by atoms with E-state index >= 15 is 0 Å². The lowest BCUT2D eigenvalue weighted by atomic mass is 9.98. The van der Waals surface area contributed by atoms with Gasteiger partial charge in [0, 0.05) is 12.3 Å². The van der Waals surface area contributed by atoms with E-state index in [4.69, 9.17) is 9.84 Å². The molecule has 0 aromatic heterocycles. The van der Waals surface area contributed by atoms with Crippen LogP contribution in [-0.2, 0) is 14.3 Å². The van der Waals surface area contributed by atoms with Crippen molar-refractivity contribution in [2.24, 2.45) is 0 Å². The van der Waals surface area contributed by atoms with Gasteiger partial charge in [0.15, 0.2) is 0 Å². The molecular formula is C25H29F2N3O5. The molecule has 2 aromatic rings. The van der Waals surface area contributed by atoms with E-state index in [2.05, 4.69) is 10.6 Å². The molecule has 8 nitrogen and oxygen atoms in total. The van der Waals surface area contributed by atoms with Crippen molar-refractivity contribution in [1.29, 1.82) is 0 Å². The van der Waals surface area contributed by atoms with Gasteiger partial charge in [0.2, 0.25) is 12.3 Å². The highest BCUT2D eigenvalue weighted by atomic mass is 19.3. The van der Waals surface area contributed by atoms with Crippen LogP contribution >= 0.6 is 0 Å². The Bertz CT molecular complexity index is 1020. The molecule has 0 bridgehead atoms. The Kier molecular flexibility index (Phi) is 8.75. The van der Waals surface area contributed by atoms with E-state index in [1.807, 2.05) is 48.5 Å². The monoisotopic (exact) mass is 489 g/mol. The zero-order valence-electron chi connectivity index (χ0n) is 19.5. The highest BCUT2D eigenvalue weighted by molar-refractivity contribution is 5.89. The van der Waals surface area contributed by atoms with Gasteiger partial charge in [0.05, 0.1) is 0 Å². The number of amides is 2. The Hall–Kier alpha value is -3.53. The van der Waals surface area contributed by atoms with Crippen LogP contribution in [0.1, 0.15) is 29.9 Å². The molecule has 0 radical (unpaired) electrons. The molecule has 0 aliphatic heterocycles. The molecule has 1 aliphatic carbocycles. The molecule has 0 saturated heterocycles. The molecule has 0 heterocycles. The van der Waals surface area contributed by atoms with Gasteiger partial charge < -0.3 is 25.4 Å². The van der Waals surface area contributed by atoms with E-state index in [0.717, 1.165) is 22.3 Å². The van der Waals surface area contributed by atoms with Crippen LogP contribution < -0.4 is 10.6 Å². The first-order valence-corrected chi connectivity index (χ1v) is 11.2. The van der Waals surface area contributed by atoms with E-state index in [1.54, 1.807) is 19.0 Å². The minimum absolute atomic E-state index is 0.0328. The second kappa shape index (κ2) is 11.7. The molecule has 188 valence electrons. The summed E-state index contributed by atoms with van der Waals surface area (Å²) in [5.74, 6) is -2.62. The maximum absolute atomic E-state index is 12.7. The molecule has 0 spiro atoms. The number of aliphatic carboxylic acids is 1. The molecule has 10 heteroatoms. The first kappa shape index (κ1) is 26.1. The zero-order chi connectivity index (χ0) is 25.5. The molecule has 0 fully saturated rings. The SMILES string of the molecule is CN(C)CCC(NC(=O)OCC1c2ccccc2-c2ccccc21)C(=O)NC(CC(F)F)C(=O)O. The summed E-state index contributed by atoms with van der Waals surface area (Å²) >= 11 is 0. The summed E-state index contributed by atoms with van der Waals surface area (Å²) in [4.78, 5) is 38.3. The lowest BCUT2D eigenvalue weighted by molar-refractivity contribution is -0.143. The van der Waals surface area contributed by atoms with Crippen molar-refractivity contribution in [2.45, 2.75) is 37.3 Å². The summed E-state index contributed by atoms with van der Waals surface area (Å²) in [5.41, 5.74) is 4.19. The van der Waals surface area contributed by atoms with E-state index < -0.39 is 42.9 Å². The number of carboxylic acids is 1.